The van der Waals surface area contributed by atoms with Crippen LogP contribution in [0.2, 0.25) is 0 Å². The number of nitrogens with one attached hydrogen (secondary N) is 1. The number of anilines is 1. The molecule has 1 N–H and O–H groups in total. The number of hydrogen-bond acceptors (Lipinski definition) is 3. The van der Waals surface area contributed by atoms with Gasteiger partial charge in [0.1, 0.15) is 0 Å². The third-order valence-corrected chi connectivity index (χ3v) is 4.21. The van der Waals surface area contributed by atoms with Crippen LogP contribution < -0.4 is 5.32 Å². The van der Waals surface area contributed by atoms with Gasteiger partial charge in [-0.2, -0.15) is 0 Å². The van der Waals surface area contributed by atoms with Crippen LogP contribution in [0.5, 0.6) is 0 Å². The molecule has 1 fully saturated rings. The van der Waals surface area contributed by atoms with E-state index >= 15 is 0 Å². The lowest BCUT2D eigenvalue weighted by molar-refractivity contribution is 0.190. The van der Waals surface area contributed by atoms with Crippen molar-refractivity contribution in [2.24, 2.45) is 5.41 Å². The van der Waals surface area contributed by atoms with E-state index in [-0.39, 0.29) is 0 Å². The van der Waals surface area contributed by atoms with Crippen LogP contribution in [0, 0.1) is 12.3 Å². The summed E-state index contributed by atoms with van der Waals surface area (Å²) >= 11 is 0. The van der Waals surface area contributed by atoms with Crippen molar-refractivity contribution in [3.8, 4) is 0 Å². The highest BCUT2D eigenvalue weighted by Crippen LogP contribution is 2.38. The smallest absolute Gasteiger partial charge is 0.203 e. The fourth-order valence-corrected chi connectivity index (χ4v) is 2.96. The average Bonchev–Trinajstić information content (AvgIpc) is 2.84. The zero-order chi connectivity index (χ0) is 13.9. The van der Waals surface area contributed by atoms with Gasteiger partial charge in [0.2, 0.25) is 5.95 Å². The van der Waals surface area contributed by atoms with E-state index in [4.69, 9.17) is 4.74 Å². The summed E-state index contributed by atoms with van der Waals surface area (Å²) < 4.78 is 7.35. The van der Waals surface area contributed by atoms with Crippen LogP contribution in [0.25, 0.3) is 0 Å². The molecule has 0 spiro atoms. The van der Waals surface area contributed by atoms with E-state index in [9.17, 15) is 0 Å². The predicted octanol–water partition coefficient (Wildman–Crippen LogP) is 3.22. The maximum Gasteiger partial charge on any atom is 0.203 e. The van der Waals surface area contributed by atoms with Crippen molar-refractivity contribution >= 4 is 5.95 Å². The first-order valence-corrected chi connectivity index (χ1v) is 7.32. The van der Waals surface area contributed by atoms with Crippen molar-refractivity contribution in [1.29, 1.82) is 0 Å². The number of aryl methyl sites for hydroxylation is 2. The first kappa shape index (κ1) is 14.4. The van der Waals surface area contributed by atoms with Gasteiger partial charge in [-0.15, -0.1) is 0 Å². The third kappa shape index (κ3) is 3.50. The Morgan fingerprint density at radius 1 is 1.53 bits per heavy atom. The van der Waals surface area contributed by atoms with E-state index < -0.39 is 0 Å². The topological polar surface area (TPSA) is 39.1 Å². The predicted molar refractivity (Wildman–Crippen MR) is 78.5 cm³/mol. The second-order valence-corrected chi connectivity index (χ2v) is 6.32. The van der Waals surface area contributed by atoms with Gasteiger partial charge < -0.3 is 14.6 Å². The summed E-state index contributed by atoms with van der Waals surface area (Å²) in [6, 6.07) is 0.537. The molecule has 1 atom stereocenters. The summed E-state index contributed by atoms with van der Waals surface area (Å²) in [7, 11) is 1.75. The molecule has 0 aliphatic heterocycles. The van der Waals surface area contributed by atoms with Crippen molar-refractivity contribution in [1.82, 2.24) is 9.55 Å². The summed E-state index contributed by atoms with van der Waals surface area (Å²) in [6.45, 7) is 8.51. The van der Waals surface area contributed by atoms with Gasteiger partial charge in [-0.05, 0) is 31.6 Å². The summed E-state index contributed by atoms with van der Waals surface area (Å²) in [5, 5.41) is 3.66. The van der Waals surface area contributed by atoms with E-state index in [0.29, 0.717) is 11.5 Å². The monoisotopic (exact) mass is 265 g/mol. The minimum atomic E-state index is 0.372. The second kappa shape index (κ2) is 5.95. The van der Waals surface area contributed by atoms with Gasteiger partial charge in [0.15, 0.2) is 0 Å². The molecule has 1 saturated carbocycles. The van der Waals surface area contributed by atoms with E-state index in [1.807, 2.05) is 0 Å². The van der Waals surface area contributed by atoms with Crippen LogP contribution in [0.3, 0.4) is 0 Å². The highest BCUT2D eigenvalue weighted by atomic mass is 16.5. The Kier molecular flexibility index (Phi) is 4.50. The maximum atomic E-state index is 5.12. The molecule has 1 aromatic rings. The van der Waals surface area contributed by atoms with Crippen molar-refractivity contribution in [3.63, 3.8) is 0 Å². The first-order chi connectivity index (χ1) is 9.03. The molecule has 0 saturated heterocycles. The minimum Gasteiger partial charge on any atom is -0.385 e. The van der Waals surface area contributed by atoms with Gasteiger partial charge in [-0.1, -0.05) is 20.3 Å². The van der Waals surface area contributed by atoms with Crippen molar-refractivity contribution in [2.45, 2.75) is 59.0 Å². The van der Waals surface area contributed by atoms with E-state index in [1.165, 1.54) is 19.3 Å². The summed E-state index contributed by atoms with van der Waals surface area (Å²) in [4.78, 5) is 4.63. The SMILES string of the molecule is COCCCn1cc(C)nc1NC1CCCC1(C)C. The Bertz CT molecular complexity index is 412. The fraction of sp³-hybridized carbons (Fsp3) is 0.800. The largest absolute Gasteiger partial charge is 0.385 e. The number of rotatable bonds is 6. The molecule has 0 amide bonds. The Morgan fingerprint density at radius 3 is 2.95 bits per heavy atom. The lowest BCUT2D eigenvalue weighted by Gasteiger charge is -2.28. The number of nitrogens with zero attached hydrogens (tertiary/aromatic N) is 2. The molecule has 1 aliphatic rings. The molecule has 0 radical (unpaired) electrons. The third-order valence-electron chi connectivity index (χ3n) is 4.21. The Hall–Kier alpha value is -1.03. The van der Waals surface area contributed by atoms with Crippen LogP contribution >= 0.6 is 0 Å². The number of methoxy groups -OCH3 is 1. The Labute approximate surface area is 116 Å². The molecule has 4 nitrogen and oxygen atoms in total. The van der Waals surface area contributed by atoms with E-state index in [1.54, 1.807) is 7.11 Å². The summed E-state index contributed by atoms with van der Waals surface area (Å²) in [6.07, 6.45) is 7.01. The lowest BCUT2D eigenvalue weighted by Crippen LogP contribution is -2.32. The average molecular weight is 265 g/mol. The van der Waals surface area contributed by atoms with Crippen LogP contribution in [0.15, 0.2) is 6.20 Å². The minimum absolute atomic E-state index is 0.372. The normalized spacial score (nSPS) is 21.8. The fourth-order valence-electron chi connectivity index (χ4n) is 2.96. The van der Waals surface area contributed by atoms with Gasteiger partial charge in [-0.3, -0.25) is 0 Å². The van der Waals surface area contributed by atoms with Gasteiger partial charge in [0.05, 0.1) is 5.69 Å². The maximum absolute atomic E-state index is 5.12. The molecule has 1 aliphatic carbocycles. The highest BCUT2D eigenvalue weighted by Gasteiger charge is 2.35. The molecular formula is C15H27N3O. The van der Waals surface area contributed by atoms with E-state index in [2.05, 4.69) is 41.8 Å². The number of aromatic nitrogens is 2. The van der Waals surface area contributed by atoms with Gasteiger partial charge in [0, 0.05) is 32.5 Å². The zero-order valence-electron chi connectivity index (χ0n) is 12.7. The Morgan fingerprint density at radius 2 is 2.32 bits per heavy atom. The van der Waals surface area contributed by atoms with Crippen LogP contribution in [0.4, 0.5) is 5.95 Å². The second-order valence-electron chi connectivity index (χ2n) is 6.32. The molecule has 108 valence electrons. The molecule has 2 rings (SSSR count). The van der Waals surface area contributed by atoms with Crippen LogP contribution in [-0.4, -0.2) is 29.3 Å². The quantitative estimate of drug-likeness (QED) is 0.803. The van der Waals surface area contributed by atoms with Crippen molar-refractivity contribution < 1.29 is 4.74 Å². The molecule has 0 aromatic carbocycles. The molecule has 1 heterocycles. The van der Waals surface area contributed by atoms with Crippen molar-refractivity contribution in [2.75, 3.05) is 19.0 Å². The van der Waals surface area contributed by atoms with Gasteiger partial charge in [0.25, 0.3) is 0 Å². The molecule has 1 unspecified atom stereocenters. The Balaban J connectivity index is 2.03. The molecule has 0 bridgehead atoms. The summed E-state index contributed by atoms with van der Waals surface area (Å²) in [5.41, 5.74) is 1.45. The lowest BCUT2D eigenvalue weighted by atomic mass is 9.87. The number of imidazole rings is 1. The van der Waals surface area contributed by atoms with Crippen LogP contribution in [0.1, 0.15) is 45.2 Å². The molecular weight excluding hydrogens is 238 g/mol. The number of hydrogen-bond donors (Lipinski definition) is 1. The van der Waals surface area contributed by atoms with Gasteiger partial charge >= 0.3 is 0 Å². The molecule has 4 heteroatoms. The molecule has 1 aromatic heterocycles. The van der Waals surface area contributed by atoms with Crippen molar-refractivity contribution in [3.05, 3.63) is 11.9 Å². The molecule has 19 heavy (non-hydrogen) atoms. The highest BCUT2D eigenvalue weighted by molar-refractivity contribution is 5.31. The van der Waals surface area contributed by atoms with E-state index in [0.717, 1.165) is 31.2 Å². The zero-order valence-corrected chi connectivity index (χ0v) is 12.7. The van der Waals surface area contributed by atoms with Crippen LogP contribution in [-0.2, 0) is 11.3 Å². The summed E-state index contributed by atoms with van der Waals surface area (Å²) in [5.74, 6) is 1.02. The standard InChI is InChI=1S/C15H27N3O/c1-12-11-18(9-6-10-19-4)14(16-12)17-13-7-5-8-15(13,2)3/h11,13H,5-10H2,1-4H3,(H,16,17). The number of ether oxygens (including phenoxy) is 1. The first-order valence-electron chi connectivity index (χ1n) is 7.32. The van der Waals surface area contributed by atoms with Gasteiger partial charge in [-0.25, -0.2) is 4.98 Å².